The molecular weight excluding hydrogens is 234 g/mol. The van der Waals surface area contributed by atoms with Gasteiger partial charge in [-0.05, 0) is 37.1 Å². The van der Waals surface area contributed by atoms with E-state index in [9.17, 15) is 0 Å². The lowest BCUT2D eigenvalue weighted by molar-refractivity contribution is 0.700. The number of aromatic nitrogens is 2. The predicted octanol–water partition coefficient (Wildman–Crippen LogP) is 2.74. The fourth-order valence-electron chi connectivity index (χ4n) is 1.71. The summed E-state index contributed by atoms with van der Waals surface area (Å²) in [5.74, 6) is 0. The zero-order chi connectivity index (χ0) is 12.6. The molecule has 17 heavy (non-hydrogen) atoms. The molecule has 0 radical (unpaired) electrons. The van der Waals surface area contributed by atoms with E-state index in [2.05, 4.69) is 5.10 Å². The van der Waals surface area contributed by atoms with Crippen molar-refractivity contribution in [2.45, 2.75) is 19.9 Å². The zero-order valence-electron chi connectivity index (χ0n) is 10.2. The summed E-state index contributed by atoms with van der Waals surface area (Å²) in [5, 5.41) is 5.13. The molecule has 0 spiro atoms. The normalized spacial score (nSPS) is 12.8. The van der Waals surface area contributed by atoms with Gasteiger partial charge in [0.25, 0.3) is 0 Å². The minimum absolute atomic E-state index is 0.229. The summed E-state index contributed by atoms with van der Waals surface area (Å²) in [4.78, 5) is 0. The van der Waals surface area contributed by atoms with Crippen LogP contribution < -0.4 is 5.73 Å². The zero-order valence-corrected chi connectivity index (χ0v) is 11.0. The smallest absolute Gasteiger partial charge is 0.0839 e. The Balaban J connectivity index is 2.36. The molecule has 2 rings (SSSR count). The van der Waals surface area contributed by atoms with Crippen molar-refractivity contribution in [1.82, 2.24) is 9.78 Å². The molecule has 2 N–H and O–H groups in total. The Hall–Kier alpha value is -1.32. The molecule has 1 atom stereocenters. The Labute approximate surface area is 106 Å². The third-order valence-corrected chi connectivity index (χ3v) is 3.41. The molecule has 1 aromatic carbocycles. The Morgan fingerprint density at radius 2 is 2.00 bits per heavy atom. The summed E-state index contributed by atoms with van der Waals surface area (Å²) in [5.41, 5.74) is 10.2. The van der Waals surface area contributed by atoms with E-state index in [1.54, 1.807) is 0 Å². The molecular formula is C13H16ClN3. The van der Waals surface area contributed by atoms with Crippen LogP contribution >= 0.6 is 11.6 Å². The van der Waals surface area contributed by atoms with Gasteiger partial charge in [0.2, 0.25) is 0 Å². The van der Waals surface area contributed by atoms with Crippen LogP contribution in [0.1, 0.15) is 28.6 Å². The topological polar surface area (TPSA) is 43.8 Å². The van der Waals surface area contributed by atoms with Gasteiger partial charge in [0, 0.05) is 17.8 Å². The van der Waals surface area contributed by atoms with Gasteiger partial charge in [0.15, 0.2) is 0 Å². The highest BCUT2D eigenvalue weighted by Crippen LogP contribution is 2.24. The predicted molar refractivity (Wildman–Crippen MR) is 70.2 cm³/mol. The van der Waals surface area contributed by atoms with E-state index in [1.165, 1.54) is 0 Å². The molecule has 0 saturated heterocycles. The molecule has 1 unspecified atom stereocenters. The van der Waals surface area contributed by atoms with Crippen molar-refractivity contribution < 1.29 is 0 Å². The second kappa shape index (κ2) is 4.51. The van der Waals surface area contributed by atoms with Crippen LogP contribution in [-0.4, -0.2) is 9.78 Å². The van der Waals surface area contributed by atoms with E-state index < -0.39 is 0 Å². The molecule has 0 aliphatic heterocycles. The van der Waals surface area contributed by atoms with Crippen molar-refractivity contribution >= 4 is 11.6 Å². The van der Waals surface area contributed by atoms with Crippen molar-refractivity contribution in [1.29, 1.82) is 0 Å². The number of benzene rings is 1. The van der Waals surface area contributed by atoms with Crippen molar-refractivity contribution in [2.24, 2.45) is 12.8 Å². The lowest BCUT2D eigenvalue weighted by atomic mass is 10.0. The van der Waals surface area contributed by atoms with E-state index in [0.29, 0.717) is 0 Å². The lowest BCUT2D eigenvalue weighted by Gasteiger charge is -2.10. The van der Waals surface area contributed by atoms with Crippen LogP contribution in [0, 0.1) is 13.8 Å². The quantitative estimate of drug-likeness (QED) is 0.890. The maximum atomic E-state index is 6.18. The van der Waals surface area contributed by atoms with Gasteiger partial charge in [-0.25, -0.2) is 0 Å². The van der Waals surface area contributed by atoms with Crippen molar-refractivity contribution in [3.63, 3.8) is 0 Å². The summed E-state index contributed by atoms with van der Waals surface area (Å²) in [6.07, 6.45) is 0. The van der Waals surface area contributed by atoms with E-state index in [1.807, 2.05) is 49.8 Å². The molecule has 1 heterocycles. The average Bonchev–Trinajstić information content (AvgIpc) is 2.62. The second-order valence-electron chi connectivity index (χ2n) is 4.32. The van der Waals surface area contributed by atoms with Crippen molar-refractivity contribution in [3.8, 4) is 0 Å². The summed E-state index contributed by atoms with van der Waals surface area (Å²) in [6.45, 7) is 3.98. The Morgan fingerprint density at radius 1 is 1.29 bits per heavy atom. The summed E-state index contributed by atoms with van der Waals surface area (Å²) < 4.78 is 1.82. The fourth-order valence-corrected chi connectivity index (χ4v) is 1.90. The third kappa shape index (κ3) is 2.35. The standard InChI is InChI=1S/C13H16ClN3/c1-8-4-5-10(7-11(8)14)13(15)12-6-9(2)17(3)16-12/h4-7,13H,15H2,1-3H3. The highest BCUT2D eigenvalue weighted by Gasteiger charge is 2.13. The summed E-state index contributed by atoms with van der Waals surface area (Å²) >= 11 is 6.10. The molecule has 0 aliphatic carbocycles. The number of rotatable bonds is 2. The SMILES string of the molecule is Cc1ccc(C(N)c2cc(C)n(C)n2)cc1Cl. The second-order valence-corrected chi connectivity index (χ2v) is 4.73. The number of hydrogen-bond donors (Lipinski definition) is 1. The molecule has 1 aromatic heterocycles. The minimum Gasteiger partial charge on any atom is -0.319 e. The molecule has 2 aromatic rings. The maximum Gasteiger partial charge on any atom is 0.0839 e. The van der Waals surface area contributed by atoms with E-state index >= 15 is 0 Å². The van der Waals surface area contributed by atoms with Crippen molar-refractivity contribution in [2.75, 3.05) is 0 Å². The number of nitrogens with two attached hydrogens (primary N) is 1. The van der Waals surface area contributed by atoms with Crippen LogP contribution in [0.15, 0.2) is 24.3 Å². The number of nitrogens with zero attached hydrogens (tertiary/aromatic N) is 2. The first kappa shape index (κ1) is 12.1. The minimum atomic E-state index is -0.229. The van der Waals surface area contributed by atoms with Gasteiger partial charge >= 0.3 is 0 Å². The Bertz CT molecular complexity index is 526. The molecule has 0 saturated carbocycles. The maximum absolute atomic E-state index is 6.18. The first-order valence-electron chi connectivity index (χ1n) is 5.51. The fraction of sp³-hybridized carbons (Fsp3) is 0.308. The van der Waals surface area contributed by atoms with E-state index in [-0.39, 0.29) is 6.04 Å². The van der Waals surface area contributed by atoms with Crippen molar-refractivity contribution in [3.05, 3.63) is 51.8 Å². The average molecular weight is 250 g/mol. The van der Waals surface area contributed by atoms with Gasteiger partial charge < -0.3 is 5.73 Å². The van der Waals surface area contributed by atoms with E-state index in [0.717, 1.165) is 27.5 Å². The van der Waals surface area contributed by atoms with Crippen LogP contribution in [0.25, 0.3) is 0 Å². The molecule has 4 heteroatoms. The van der Waals surface area contributed by atoms with Crippen LogP contribution in [0.4, 0.5) is 0 Å². The molecule has 90 valence electrons. The van der Waals surface area contributed by atoms with Gasteiger partial charge in [-0.2, -0.15) is 5.10 Å². The van der Waals surface area contributed by atoms with Gasteiger partial charge in [-0.15, -0.1) is 0 Å². The number of hydrogen-bond acceptors (Lipinski definition) is 2. The van der Waals surface area contributed by atoms with Crippen LogP contribution in [-0.2, 0) is 7.05 Å². The first-order valence-corrected chi connectivity index (χ1v) is 5.89. The Morgan fingerprint density at radius 3 is 2.53 bits per heavy atom. The van der Waals surface area contributed by atoms with E-state index in [4.69, 9.17) is 17.3 Å². The summed E-state index contributed by atoms with van der Waals surface area (Å²) in [7, 11) is 1.91. The Kier molecular flexibility index (Phi) is 3.22. The molecule has 0 bridgehead atoms. The largest absolute Gasteiger partial charge is 0.319 e. The first-order chi connectivity index (χ1) is 7.99. The third-order valence-electron chi connectivity index (χ3n) is 3.01. The van der Waals surface area contributed by atoms with Gasteiger partial charge in [0.1, 0.15) is 0 Å². The van der Waals surface area contributed by atoms with Crippen LogP contribution in [0.3, 0.4) is 0 Å². The lowest BCUT2D eigenvalue weighted by Crippen LogP contribution is -2.13. The van der Waals surface area contributed by atoms with Crippen LogP contribution in [0.5, 0.6) is 0 Å². The highest BCUT2D eigenvalue weighted by atomic mass is 35.5. The summed E-state index contributed by atoms with van der Waals surface area (Å²) in [6, 6.07) is 7.65. The number of halogens is 1. The number of aryl methyl sites for hydroxylation is 3. The molecule has 0 fully saturated rings. The van der Waals surface area contributed by atoms with Gasteiger partial charge in [-0.3, -0.25) is 4.68 Å². The molecule has 3 nitrogen and oxygen atoms in total. The highest BCUT2D eigenvalue weighted by molar-refractivity contribution is 6.31. The molecule has 0 aliphatic rings. The molecule has 0 amide bonds. The monoisotopic (exact) mass is 249 g/mol. The van der Waals surface area contributed by atoms with Gasteiger partial charge in [-0.1, -0.05) is 23.7 Å². The van der Waals surface area contributed by atoms with Crippen LogP contribution in [0.2, 0.25) is 5.02 Å². The van der Waals surface area contributed by atoms with Gasteiger partial charge in [0.05, 0.1) is 11.7 Å².